The molecule has 0 radical (unpaired) electrons. The molecule has 0 unspecified atom stereocenters. The molecule has 0 aliphatic rings. The smallest absolute Gasteiger partial charge is 0.263 e. The molecule has 2 aromatic carbocycles. The number of carbonyl (C=O) groups excluding carboxylic acids is 1. The van der Waals surface area contributed by atoms with Gasteiger partial charge in [0, 0.05) is 7.11 Å². The van der Waals surface area contributed by atoms with E-state index in [2.05, 4.69) is 4.98 Å². The van der Waals surface area contributed by atoms with Crippen LogP contribution in [0, 0.1) is 11.6 Å². The normalized spacial score (nSPS) is 11.0. The van der Waals surface area contributed by atoms with Crippen molar-refractivity contribution >= 4 is 32.6 Å². The van der Waals surface area contributed by atoms with Crippen LogP contribution in [0.2, 0.25) is 0 Å². The van der Waals surface area contributed by atoms with Gasteiger partial charge in [0.2, 0.25) is 0 Å². The number of ether oxygens (including phenoxy) is 1. The van der Waals surface area contributed by atoms with Gasteiger partial charge in [-0.3, -0.25) is 9.69 Å². The van der Waals surface area contributed by atoms with Crippen molar-refractivity contribution in [2.45, 2.75) is 0 Å². The molecule has 0 saturated carbocycles. The van der Waals surface area contributed by atoms with E-state index in [9.17, 15) is 13.6 Å². The highest BCUT2D eigenvalue weighted by atomic mass is 32.1. The van der Waals surface area contributed by atoms with Crippen LogP contribution in [-0.2, 0) is 4.74 Å². The van der Waals surface area contributed by atoms with Gasteiger partial charge in [-0.25, -0.2) is 13.8 Å². The highest BCUT2D eigenvalue weighted by molar-refractivity contribution is 7.22. The fourth-order valence-corrected chi connectivity index (χ4v) is 3.25. The second-order valence-corrected chi connectivity index (χ2v) is 6.02. The molecule has 3 aromatic rings. The molecule has 1 heterocycles. The molecule has 24 heavy (non-hydrogen) atoms. The van der Waals surface area contributed by atoms with Crippen LogP contribution in [0.1, 0.15) is 10.4 Å². The van der Waals surface area contributed by atoms with Gasteiger partial charge in [-0.1, -0.05) is 29.5 Å². The summed E-state index contributed by atoms with van der Waals surface area (Å²) in [5, 5.41) is 0.418. The third-order valence-electron chi connectivity index (χ3n) is 3.46. The van der Waals surface area contributed by atoms with E-state index in [0.29, 0.717) is 5.13 Å². The van der Waals surface area contributed by atoms with Crippen LogP contribution in [-0.4, -0.2) is 31.2 Å². The molecule has 0 bridgehead atoms. The molecule has 0 saturated heterocycles. The first kappa shape index (κ1) is 16.5. The van der Waals surface area contributed by atoms with Crippen molar-refractivity contribution in [3.8, 4) is 0 Å². The van der Waals surface area contributed by atoms with E-state index in [1.54, 1.807) is 0 Å². The van der Waals surface area contributed by atoms with E-state index >= 15 is 0 Å². The number of fused-ring (bicyclic) bond motifs is 1. The largest absolute Gasteiger partial charge is 0.383 e. The van der Waals surface area contributed by atoms with Gasteiger partial charge in [0.15, 0.2) is 16.8 Å². The number of methoxy groups -OCH3 is 1. The molecule has 7 heteroatoms. The molecule has 0 spiro atoms. The Bertz CT molecular complexity index is 849. The van der Waals surface area contributed by atoms with E-state index in [0.717, 1.165) is 16.3 Å². The summed E-state index contributed by atoms with van der Waals surface area (Å²) in [4.78, 5) is 18.5. The zero-order chi connectivity index (χ0) is 17.1. The highest BCUT2D eigenvalue weighted by Crippen LogP contribution is 2.30. The average Bonchev–Trinajstić information content (AvgIpc) is 3.01. The Morgan fingerprint density at radius 3 is 2.75 bits per heavy atom. The number of benzene rings is 2. The molecule has 1 amide bonds. The van der Waals surface area contributed by atoms with Gasteiger partial charge in [-0.15, -0.1) is 0 Å². The minimum absolute atomic E-state index is 0.186. The maximum Gasteiger partial charge on any atom is 0.263 e. The van der Waals surface area contributed by atoms with Crippen molar-refractivity contribution in [2.75, 3.05) is 25.2 Å². The van der Waals surface area contributed by atoms with Gasteiger partial charge in [-0.05, 0) is 24.3 Å². The summed E-state index contributed by atoms with van der Waals surface area (Å²) in [6.45, 7) is 0.434. The first-order valence-electron chi connectivity index (χ1n) is 7.22. The van der Waals surface area contributed by atoms with Gasteiger partial charge in [0.05, 0.1) is 28.9 Å². The molecule has 0 atom stereocenters. The predicted octanol–water partition coefficient (Wildman–Crippen LogP) is 3.87. The second-order valence-electron chi connectivity index (χ2n) is 5.02. The lowest BCUT2D eigenvalue weighted by Crippen LogP contribution is -2.34. The number of para-hydroxylation sites is 1. The summed E-state index contributed by atoms with van der Waals surface area (Å²) in [6.07, 6.45) is 0. The summed E-state index contributed by atoms with van der Waals surface area (Å²) in [7, 11) is 1.50. The lowest BCUT2D eigenvalue weighted by molar-refractivity contribution is 0.0971. The van der Waals surface area contributed by atoms with Gasteiger partial charge in [0.25, 0.3) is 5.91 Å². The van der Waals surface area contributed by atoms with E-state index in [-0.39, 0.29) is 18.7 Å². The number of hydrogen-bond donors (Lipinski definition) is 0. The summed E-state index contributed by atoms with van der Waals surface area (Å²) < 4.78 is 33.4. The van der Waals surface area contributed by atoms with Crippen LogP contribution in [0.3, 0.4) is 0 Å². The SMILES string of the molecule is COCCN(C(=O)c1cccc(F)c1F)c1nc2ccccc2s1. The average molecular weight is 348 g/mol. The monoisotopic (exact) mass is 348 g/mol. The zero-order valence-corrected chi connectivity index (χ0v) is 13.6. The molecule has 1 aromatic heterocycles. The van der Waals surface area contributed by atoms with Gasteiger partial charge < -0.3 is 4.74 Å². The van der Waals surface area contributed by atoms with Crippen LogP contribution in [0.25, 0.3) is 10.2 Å². The molecule has 0 N–H and O–H groups in total. The third kappa shape index (κ3) is 3.13. The topological polar surface area (TPSA) is 42.4 Å². The van der Waals surface area contributed by atoms with E-state index in [1.165, 1.54) is 35.5 Å². The number of halogens is 2. The fourth-order valence-electron chi connectivity index (χ4n) is 2.26. The quantitative estimate of drug-likeness (QED) is 0.703. The van der Waals surface area contributed by atoms with Crippen molar-refractivity contribution in [3.05, 3.63) is 59.7 Å². The Morgan fingerprint density at radius 1 is 1.21 bits per heavy atom. The number of rotatable bonds is 5. The van der Waals surface area contributed by atoms with Crippen LogP contribution in [0.15, 0.2) is 42.5 Å². The number of hydrogen-bond acceptors (Lipinski definition) is 4. The summed E-state index contributed by atoms with van der Waals surface area (Å²) in [6, 6.07) is 11.0. The molecule has 0 aliphatic carbocycles. The highest BCUT2D eigenvalue weighted by Gasteiger charge is 2.24. The van der Waals surface area contributed by atoms with Crippen LogP contribution in [0.5, 0.6) is 0 Å². The number of aromatic nitrogens is 1. The Morgan fingerprint density at radius 2 is 2.00 bits per heavy atom. The summed E-state index contributed by atoms with van der Waals surface area (Å²) in [5.41, 5.74) is 0.415. The fraction of sp³-hybridized carbons (Fsp3) is 0.176. The van der Waals surface area contributed by atoms with E-state index in [4.69, 9.17) is 4.74 Å². The number of carbonyl (C=O) groups is 1. The van der Waals surface area contributed by atoms with Crippen LogP contribution < -0.4 is 4.90 Å². The molecule has 0 fully saturated rings. The van der Waals surface area contributed by atoms with Crippen LogP contribution in [0.4, 0.5) is 13.9 Å². The maximum atomic E-state index is 14.0. The molecule has 0 aliphatic heterocycles. The molecule has 124 valence electrons. The van der Waals surface area contributed by atoms with Gasteiger partial charge in [-0.2, -0.15) is 0 Å². The van der Waals surface area contributed by atoms with Crippen LogP contribution >= 0.6 is 11.3 Å². The lowest BCUT2D eigenvalue weighted by Gasteiger charge is -2.19. The van der Waals surface area contributed by atoms with Crippen molar-refractivity contribution in [1.29, 1.82) is 0 Å². The summed E-state index contributed by atoms with van der Waals surface area (Å²) in [5.74, 6) is -2.87. The second kappa shape index (κ2) is 7.02. The maximum absolute atomic E-state index is 14.0. The zero-order valence-electron chi connectivity index (χ0n) is 12.8. The number of thiazole rings is 1. The number of anilines is 1. The minimum atomic E-state index is -1.16. The van der Waals surface area contributed by atoms with E-state index in [1.807, 2.05) is 24.3 Å². The molecule has 3 rings (SSSR count). The third-order valence-corrected chi connectivity index (χ3v) is 4.52. The first-order chi connectivity index (χ1) is 11.6. The Labute approximate surface area is 141 Å². The first-order valence-corrected chi connectivity index (χ1v) is 8.04. The lowest BCUT2D eigenvalue weighted by atomic mass is 10.2. The Kier molecular flexibility index (Phi) is 4.82. The number of nitrogens with zero attached hydrogens (tertiary/aromatic N) is 2. The molecular formula is C17H14F2N2O2S. The molecular weight excluding hydrogens is 334 g/mol. The standard InChI is InChI=1S/C17H14F2N2O2S/c1-23-10-9-21(16(22)11-5-4-6-12(18)15(11)19)17-20-13-7-2-3-8-14(13)24-17/h2-8H,9-10H2,1H3. The van der Waals surface area contributed by atoms with Crippen molar-refractivity contribution in [2.24, 2.45) is 0 Å². The van der Waals surface area contributed by atoms with Gasteiger partial charge >= 0.3 is 0 Å². The van der Waals surface area contributed by atoms with Crippen molar-refractivity contribution < 1.29 is 18.3 Å². The number of amides is 1. The van der Waals surface area contributed by atoms with Crippen molar-refractivity contribution in [1.82, 2.24) is 4.98 Å². The van der Waals surface area contributed by atoms with Gasteiger partial charge in [0.1, 0.15) is 0 Å². The molecule has 4 nitrogen and oxygen atoms in total. The van der Waals surface area contributed by atoms with Crippen molar-refractivity contribution in [3.63, 3.8) is 0 Å². The Balaban J connectivity index is 2.02. The predicted molar refractivity (Wildman–Crippen MR) is 89.5 cm³/mol. The summed E-state index contributed by atoms with van der Waals surface area (Å²) >= 11 is 1.31. The minimum Gasteiger partial charge on any atom is -0.383 e. The Hall–Kier alpha value is -2.38. The van der Waals surface area contributed by atoms with E-state index < -0.39 is 17.5 Å².